The van der Waals surface area contributed by atoms with E-state index in [0.717, 1.165) is 11.1 Å². The Bertz CT molecular complexity index is 449. The molecule has 4 heteroatoms. The molecule has 2 rings (SSSR count). The number of hydrogen-bond donors (Lipinski definition) is 2. The average molecular weight is 219 g/mol. The van der Waals surface area contributed by atoms with E-state index in [2.05, 4.69) is 5.73 Å². The molecule has 16 heavy (non-hydrogen) atoms. The predicted octanol–water partition coefficient (Wildman–Crippen LogP) is 2.22. The SMILES string of the molecule is CN.O=C(O)c1cccc(-c2ccoc2)c1. The van der Waals surface area contributed by atoms with Crippen molar-refractivity contribution in [3.63, 3.8) is 0 Å². The Hall–Kier alpha value is -2.07. The molecule has 0 radical (unpaired) electrons. The van der Waals surface area contributed by atoms with Crippen LogP contribution in [-0.4, -0.2) is 18.1 Å². The van der Waals surface area contributed by atoms with Crippen molar-refractivity contribution in [2.24, 2.45) is 5.73 Å². The summed E-state index contributed by atoms with van der Waals surface area (Å²) in [6.45, 7) is 0. The van der Waals surface area contributed by atoms with Crippen LogP contribution in [0.2, 0.25) is 0 Å². The van der Waals surface area contributed by atoms with Gasteiger partial charge in [0.2, 0.25) is 0 Å². The number of furan rings is 1. The number of carboxylic acids is 1. The summed E-state index contributed by atoms with van der Waals surface area (Å²) in [7, 11) is 1.50. The molecule has 0 atom stereocenters. The topological polar surface area (TPSA) is 76.5 Å². The van der Waals surface area contributed by atoms with Gasteiger partial charge in [-0.1, -0.05) is 12.1 Å². The summed E-state index contributed by atoms with van der Waals surface area (Å²) in [5.74, 6) is -0.921. The highest BCUT2D eigenvalue weighted by molar-refractivity contribution is 5.89. The highest BCUT2D eigenvalue weighted by Gasteiger charge is 2.04. The van der Waals surface area contributed by atoms with Crippen molar-refractivity contribution in [2.75, 3.05) is 7.05 Å². The van der Waals surface area contributed by atoms with E-state index in [1.807, 2.05) is 6.07 Å². The van der Waals surface area contributed by atoms with Gasteiger partial charge in [-0.25, -0.2) is 4.79 Å². The Labute approximate surface area is 93.3 Å². The van der Waals surface area contributed by atoms with Crippen molar-refractivity contribution < 1.29 is 14.3 Å². The molecule has 2 aromatic rings. The van der Waals surface area contributed by atoms with E-state index in [4.69, 9.17) is 9.52 Å². The van der Waals surface area contributed by atoms with Crippen LogP contribution < -0.4 is 5.73 Å². The maximum absolute atomic E-state index is 10.7. The zero-order chi connectivity index (χ0) is 12.0. The van der Waals surface area contributed by atoms with Crippen molar-refractivity contribution in [2.45, 2.75) is 0 Å². The molecule has 0 saturated carbocycles. The van der Waals surface area contributed by atoms with Gasteiger partial charge < -0.3 is 15.3 Å². The van der Waals surface area contributed by atoms with Crippen molar-refractivity contribution in [3.8, 4) is 11.1 Å². The predicted molar refractivity (Wildman–Crippen MR) is 61.2 cm³/mol. The highest BCUT2D eigenvalue weighted by atomic mass is 16.4. The number of hydrogen-bond acceptors (Lipinski definition) is 3. The maximum atomic E-state index is 10.7. The van der Waals surface area contributed by atoms with Crippen molar-refractivity contribution in [1.82, 2.24) is 0 Å². The average Bonchev–Trinajstić information content (AvgIpc) is 2.85. The van der Waals surface area contributed by atoms with Gasteiger partial charge in [-0.15, -0.1) is 0 Å². The molecule has 0 fully saturated rings. The molecule has 0 unspecified atom stereocenters. The molecule has 3 N–H and O–H groups in total. The first-order valence-corrected chi connectivity index (χ1v) is 4.71. The van der Waals surface area contributed by atoms with Gasteiger partial charge in [0.15, 0.2) is 0 Å². The fourth-order valence-electron chi connectivity index (χ4n) is 1.26. The molecule has 4 nitrogen and oxygen atoms in total. The van der Waals surface area contributed by atoms with E-state index < -0.39 is 5.97 Å². The molecule has 0 amide bonds. The molecular formula is C12H13NO3. The molecule has 0 aliphatic rings. The number of carboxylic acid groups (broad SMARTS) is 1. The molecule has 1 aromatic heterocycles. The van der Waals surface area contributed by atoms with E-state index in [1.54, 1.807) is 36.8 Å². The minimum atomic E-state index is -0.921. The summed E-state index contributed by atoms with van der Waals surface area (Å²) < 4.78 is 4.92. The van der Waals surface area contributed by atoms with Gasteiger partial charge in [0.05, 0.1) is 18.1 Å². The first kappa shape index (κ1) is 12.0. The second-order valence-corrected chi connectivity index (χ2v) is 2.90. The fraction of sp³-hybridized carbons (Fsp3) is 0.0833. The van der Waals surface area contributed by atoms with E-state index >= 15 is 0 Å². The number of nitrogens with two attached hydrogens (primary N) is 1. The second-order valence-electron chi connectivity index (χ2n) is 2.90. The minimum absolute atomic E-state index is 0.281. The lowest BCUT2D eigenvalue weighted by molar-refractivity contribution is 0.0697. The van der Waals surface area contributed by atoms with Gasteiger partial charge >= 0.3 is 5.97 Å². The van der Waals surface area contributed by atoms with E-state index in [1.165, 1.54) is 7.05 Å². The summed E-state index contributed by atoms with van der Waals surface area (Å²) >= 11 is 0. The van der Waals surface area contributed by atoms with Crippen molar-refractivity contribution in [3.05, 3.63) is 48.4 Å². The Kier molecular flexibility index (Phi) is 4.29. The van der Waals surface area contributed by atoms with E-state index in [9.17, 15) is 4.79 Å². The molecule has 84 valence electrons. The Morgan fingerprint density at radius 1 is 1.25 bits per heavy atom. The standard InChI is InChI=1S/C11H8O3.CH5N/c12-11(13)9-3-1-2-8(6-9)10-4-5-14-7-10;1-2/h1-7H,(H,12,13);2H2,1H3. The first-order chi connectivity index (χ1) is 7.77. The molecule has 0 bridgehead atoms. The van der Waals surface area contributed by atoms with Crippen LogP contribution in [0.1, 0.15) is 10.4 Å². The van der Waals surface area contributed by atoms with Gasteiger partial charge in [-0.2, -0.15) is 0 Å². The fourth-order valence-corrected chi connectivity index (χ4v) is 1.26. The lowest BCUT2D eigenvalue weighted by Gasteiger charge is -1.98. The van der Waals surface area contributed by atoms with Crippen LogP contribution in [0.25, 0.3) is 11.1 Å². The van der Waals surface area contributed by atoms with Crippen LogP contribution in [0, 0.1) is 0 Å². The quantitative estimate of drug-likeness (QED) is 0.811. The van der Waals surface area contributed by atoms with Gasteiger partial charge in [0.1, 0.15) is 0 Å². The molecule has 0 aliphatic carbocycles. The Morgan fingerprint density at radius 3 is 2.56 bits per heavy atom. The molecule has 0 spiro atoms. The summed E-state index contributed by atoms with van der Waals surface area (Å²) in [6.07, 6.45) is 3.14. The van der Waals surface area contributed by atoms with E-state index in [-0.39, 0.29) is 5.56 Å². The Balaban J connectivity index is 0.000000606. The summed E-state index contributed by atoms with van der Waals surface area (Å²) in [5, 5.41) is 8.78. The van der Waals surface area contributed by atoms with Crippen LogP contribution in [0.15, 0.2) is 47.3 Å². The largest absolute Gasteiger partial charge is 0.478 e. The molecular weight excluding hydrogens is 206 g/mol. The third kappa shape index (κ3) is 2.71. The van der Waals surface area contributed by atoms with Crippen LogP contribution in [0.5, 0.6) is 0 Å². The number of rotatable bonds is 2. The normalized spacial score (nSPS) is 9.12. The lowest BCUT2D eigenvalue weighted by atomic mass is 10.1. The second kappa shape index (κ2) is 5.72. The third-order valence-corrected chi connectivity index (χ3v) is 1.96. The zero-order valence-corrected chi connectivity index (χ0v) is 8.88. The minimum Gasteiger partial charge on any atom is -0.478 e. The van der Waals surface area contributed by atoms with Crippen LogP contribution in [0.4, 0.5) is 0 Å². The molecule has 0 saturated heterocycles. The highest BCUT2D eigenvalue weighted by Crippen LogP contribution is 2.20. The van der Waals surface area contributed by atoms with Crippen molar-refractivity contribution in [1.29, 1.82) is 0 Å². The molecule has 0 aliphatic heterocycles. The third-order valence-electron chi connectivity index (χ3n) is 1.96. The van der Waals surface area contributed by atoms with Crippen LogP contribution in [0.3, 0.4) is 0 Å². The van der Waals surface area contributed by atoms with Crippen molar-refractivity contribution >= 4 is 5.97 Å². The first-order valence-electron chi connectivity index (χ1n) is 4.71. The van der Waals surface area contributed by atoms with Gasteiger partial charge in [-0.3, -0.25) is 0 Å². The summed E-state index contributed by atoms with van der Waals surface area (Å²) in [5.41, 5.74) is 6.51. The summed E-state index contributed by atoms with van der Waals surface area (Å²) in [6, 6.07) is 8.53. The lowest BCUT2D eigenvalue weighted by Crippen LogP contribution is -1.95. The molecule has 1 aromatic carbocycles. The van der Waals surface area contributed by atoms with Gasteiger partial charge in [0.25, 0.3) is 0 Å². The van der Waals surface area contributed by atoms with Gasteiger partial charge in [0, 0.05) is 5.56 Å². The number of carbonyl (C=O) groups is 1. The van der Waals surface area contributed by atoms with Gasteiger partial charge in [-0.05, 0) is 30.8 Å². The number of benzene rings is 1. The Morgan fingerprint density at radius 2 is 2.00 bits per heavy atom. The van der Waals surface area contributed by atoms with Crippen LogP contribution >= 0.6 is 0 Å². The smallest absolute Gasteiger partial charge is 0.335 e. The number of aromatic carboxylic acids is 1. The monoisotopic (exact) mass is 219 g/mol. The maximum Gasteiger partial charge on any atom is 0.335 e. The zero-order valence-electron chi connectivity index (χ0n) is 8.88. The summed E-state index contributed by atoms with van der Waals surface area (Å²) in [4.78, 5) is 10.7. The van der Waals surface area contributed by atoms with Crippen LogP contribution in [-0.2, 0) is 0 Å². The van der Waals surface area contributed by atoms with E-state index in [0.29, 0.717) is 0 Å². The molecule has 1 heterocycles.